The van der Waals surface area contributed by atoms with Gasteiger partial charge in [0.25, 0.3) is 0 Å². The van der Waals surface area contributed by atoms with Crippen molar-refractivity contribution in [1.29, 1.82) is 0 Å². The van der Waals surface area contributed by atoms with Gasteiger partial charge in [0.2, 0.25) is 0 Å². The topological polar surface area (TPSA) is 29.5 Å². The molecule has 24 heavy (non-hydrogen) atoms. The van der Waals surface area contributed by atoms with Crippen LogP contribution in [0.3, 0.4) is 0 Å². The Balaban J connectivity index is 2.98. The molecule has 0 aliphatic carbocycles. The number of aliphatic hydroxyl groups is 1. The Morgan fingerprint density at radius 1 is 0.583 bits per heavy atom. The Labute approximate surface area is 152 Å². The van der Waals surface area contributed by atoms with Crippen LogP contribution in [0.1, 0.15) is 123 Å². The van der Waals surface area contributed by atoms with E-state index in [0.717, 1.165) is 13.0 Å². The highest BCUT2D eigenvalue weighted by molar-refractivity contribution is 4.51. The van der Waals surface area contributed by atoms with E-state index in [1.54, 1.807) is 0 Å². The molecule has 0 saturated heterocycles. The first-order valence-electron chi connectivity index (χ1n) is 11.0. The standard InChI is InChI=1S/C22H46O2/c1-3-4-5-6-7-8-9-10-11-12-13-14-15-16-17-18-19-20-24-22(2)21-23/h22-23H,3-21H2,1-2H3. The number of hydrogen-bond acceptors (Lipinski definition) is 2. The summed E-state index contributed by atoms with van der Waals surface area (Å²) >= 11 is 0. The lowest BCUT2D eigenvalue weighted by Gasteiger charge is -2.09. The molecule has 0 aliphatic heterocycles. The maximum absolute atomic E-state index is 8.85. The van der Waals surface area contributed by atoms with Crippen LogP contribution < -0.4 is 0 Å². The van der Waals surface area contributed by atoms with Crippen molar-refractivity contribution in [3.8, 4) is 0 Å². The molecule has 0 radical (unpaired) electrons. The average Bonchev–Trinajstić information content (AvgIpc) is 2.60. The van der Waals surface area contributed by atoms with Crippen LogP contribution in [0.15, 0.2) is 0 Å². The molecule has 0 aromatic rings. The van der Waals surface area contributed by atoms with E-state index in [9.17, 15) is 0 Å². The smallest absolute Gasteiger partial charge is 0.0777 e. The van der Waals surface area contributed by atoms with Crippen LogP contribution in [-0.4, -0.2) is 24.4 Å². The molecule has 1 N–H and O–H groups in total. The highest BCUT2D eigenvalue weighted by Crippen LogP contribution is 2.14. The van der Waals surface area contributed by atoms with E-state index in [4.69, 9.17) is 9.84 Å². The van der Waals surface area contributed by atoms with Crippen LogP contribution in [0.2, 0.25) is 0 Å². The van der Waals surface area contributed by atoms with Crippen molar-refractivity contribution in [2.75, 3.05) is 13.2 Å². The van der Waals surface area contributed by atoms with Crippen molar-refractivity contribution in [1.82, 2.24) is 0 Å². The molecule has 146 valence electrons. The van der Waals surface area contributed by atoms with Gasteiger partial charge in [-0.25, -0.2) is 0 Å². The van der Waals surface area contributed by atoms with Gasteiger partial charge >= 0.3 is 0 Å². The van der Waals surface area contributed by atoms with Crippen LogP contribution in [0.4, 0.5) is 0 Å². The van der Waals surface area contributed by atoms with Crippen LogP contribution in [0, 0.1) is 0 Å². The molecule has 2 heteroatoms. The van der Waals surface area contributed by atoms with Gasteiger partial charge in [0.1, 0.15) is 0 Å². The minimum atomic E-state index is 0.00561. The SMILES string of the molecule is CCCCCCCCCCCCCCCCCCCOC(C)CO. The summed E-state index contributed by atoms with van der Waals surface area (Å²) in [5.74, 6) is 0. The third kappa shape index (κ3) is 20.0. The van der Waals surface area contributed by atoms with E-state index in [1.807, 2.05) is 6.92 Å². The molecule has 0 saturated carbocycles. The van der Waals surface area contributed by atoms with Crippen LogP contribution in [-0.2, 0) is 4.74 Å². The zero-order chi connectivity index (χ0) is 17.7. The quantitative estimate of drug-likeness (QED) is 0.240. The minimum absolute atomic E-state index is 0.00561. The Kier molecular flexibility index (Phi) is 20.9. The van der Waals surface area contributed by atoms with Crippen LogP contribution >= 0.6 is 0 Å². The summed E-state index contributed by atoms with van der Waals surface area (Å²) in [5, 5.41) is 8.85. The molecule has 0 spiro atoms. The molecule has 0 heterocycles. The van der Waals surface area contributed by atoms with Gasteiger partial charge in [-0.05, 0) is 13.3 Å². The molecule has 0 amide bonds. The van der Waals surface area contributed by atoms with E-state index in [0.29, 0.717) is 0 Å². The molecule has 0 aromatic heterocycles. The van der Waals surface area contributed by atoms with Gasteiger partial charge in [-0.1, -0.05) is 110 Å². The first-order chi connectivity index (χ1) is 11.8. The molecular weight excluding hydrogens is 296 g/mol. The molecule has 1 atom stereocenters. The van der Waals surface area contributed by atoms with Gasteiger partial charge < -0.3 is 9.84 Å². The second-order valence-electron chi connectivity index (χ2n) is 7.52. The van der Waals surface area contributed by atoms with E-state index in [1.165, 1.54) is 103 Å². The largest absolute Gasteiger partial charge is 0.394 e. The molecule has 2 nitrogen and oxygen atoms in total. The Bertz CT molecular complexity index is 218. The second-order valence-corrected chi connectivity index (χ2v) is 7.52. The van der Waals surface area contributed by atoms with Crippen molar-refractivity contribution in [2.45, 2.75) is 129 Å². The van der Waals surface area contributed by atoms with Crippen LogP contribution in [0.25, 0.3) is 0 Å². The maximum atomic E-state index is 8.85. The lowest BCUT2D eigenvalue weighted by Crippen LogP contribution is -2.13. The minimum Gasteiger partial charge on any atom is -0.394 e. The van der Waals surface area contributed by atoms with Gasteiger partial charge in [-0.2, -0.15) is 0 Å². The lowest BCUT2D eigenvalue weighted by molar-refractivity contribution is 0.0231. The third-order valence-corrected chi connectivity index (χ3v) is 4.91. The second kappa shape index (κ2) is 21.0. The van der Waals surface area contributed by atoms with Gasteiger partial charge in [0, 0.05) is 6.61 Å². The third-order valence-electron chi connectivity index (χ3n) is 4.91. The Morgan fingerprint density at radius 2 is 0.917 bits per heavy atom. The van der Waals surface area contributed by atoms with Crippen molar-refractivity contribution in [2.24, 2.45) is 0 Å². The fraction of sp³-hybridized carbons (Fsp3) is 1.00. The summed E-state index contributed by atoms with van der Waals surface area (Å²) in [6, 6.07) is 0. The zero-order valence-electron chi connectivity index (χ0n) is 16.9. The van der Waals surface area contributed by atoms with E-state index in [-0.39, 0.29) is 12.7 Å². The Hall–Kier alpha value is -0.0800. The Morgan fingerprint density at radius 3 is 1.25 bits per heavy atom. The van der Waals surface area contributed by atoms with Gasteiger partial charge in [-0.3, -0.25) is 0 Å². The predicted molar refractivity (Wildman–Crippen MR) is 107 cm³/mol. The molecule has 0 fully saturated rings. The summed E-state index contributed by atoms with van der Waals surface area (Å²) in [6.45, 7) is 5.16. The van der Waals surface area contributed by atoms with Gasteiger partial charge in [0.05, 0.1) is 12.7 Å². The summed E-state index contributed by atoms with van der Waals surface area (Å²) < 4.78 is 5.47. The molecule has 1 unspecified atom stereocenters. The summed E-state index contributed by atoms with van der Waals surface area (Å²) in [5.41, 5.74) is 0. The number of hydrogen-bond donors (Lipinski definition) is 1. The van der Waals surface area contributed by atoms with E-state index >= 15 is 0 Å². The number of aliphatic hydroxyl groups excluding tert-OH is 1. The van der Waals surface area contributed by atoms with Crippen molar-refractivity contribution in [3.63, 3.8) is 0 Å². The highest BCUT2D eigenvalue weighted by atomic mass is 16.5. The molecule has 0 rings (SSSR count). The fourth-order valence-corrected chi connectivity index (χ4v) is 3.16. The van der Waals surface area contributed by atoms with Crippen molar-refractivity contribution < 1.29 is 9.84 Å². The van der Waals surface area contributed by atoms with Crippen molar-refractivity contribution in [3.05, 3.63) is 0 Å². The predicted octanol–water partition coefficient (Wildman–Crippen LogP) is 7.04. The molecule has 0 bridgehead atoms. The van der Waals surface area contributed by atoms with Gasteiger partial charge in [-0.15, -0.1) is 0 Å². The normalized spacial score (nSPS) is 12.6. The van der Waals surface area contributed by atoms with E-state index in [2.05, 4.69) is 6.92 Å². The van der Waals surface area contributed by atoms with Crippen LogP contribution in [0.5, 0.6) is 0 Å². The molecular formula is C22H46O2. The van der Waals surface area contributed by atoms with E-state index < -0.39 is 0 Å². The molecule has 0 aromatic carbocycles. The summed E-state index contributed by atoms with van der Waals surface area (Å²) in [6.07, 6.45) is 23.9. The monoisotopic (exact) mass is 342 g/mol. The summed E-state index contributed by atoms with van der Waals surface area (Å²) in [4.78, 5) is 0. The first-order valence-corrected chi connectivity index (χ1v) is 11.0. The number of rotatable bonds is 20. The zero-order valence-corrected chi connectivity index (χ0v) is 16.9. The highest BCUT2D eigenvalue weighted by Gasteiger charge is 1.98. The lowest BCUT2D eigenvalue weighted by atomic mass is 10.0. The van der Waals surface area contributed by atoms with Gasteiger partial charge in [0.15, 0.2) is 0 Å². The summed E-state index contributed by atoms with van der Waals surface area (Å²) in [7, 11) is 0. The maximum Gasteiger partial charge on any atom is 0.0777 e. The first kappa shape index (κ1) is 23.9. The fourth-order valence-electron chi connectivity index (χ4n) is 3.16. The molecule has 0 aliphatic rings. The number of ether oxygens (including phenoxy) is 1. The average molecular weight is 343 g/mol. The number of unbranched alkanes of at least 4 members (excludes halogenated alkanes) is 16. The van der Waals surface area contributed by atoms with Crippen molar-refractivity contribution >= 4 is 0 Å².